The molecule has 0 bridgehead atoms. The van der Waals surface area contributed by atoms with Crippen LogP contribution in [-0.2, 0) is 9.59 Å². The van der Waals surface area contributed by atoms with E-state index in [4.69, 9.17) is 0 Å². The van der Waals surface area contributed by atoms with E-state index in [9.17, 15) is 9.59 Å². The van der Waals surface area contributed by atoms with Gasteiger partial charge < -0.3 is 16.0 Å². The molecule has 5 nitrogen and oxygen atoms in total. The molecule has 2 aliphatic carbocycles. The van der Waals surface area contributed by atoms with E-state index in [0.29, 0.717) is 12.0 Å². The molecule has 0 aromatic rings. The quantitative estimate of drug-likeness (QED) is 0.734. The molecule has 3 fully saturated rings. The van der Waals surface area contributed by atoms with Crippen LogP contribution in [0, 0.1) is 11.3 Å². The third kappa shape index (κ3) is 3.29. The average Bonchev–Trinajstić information content (AvgIpc) is 2.99. The highest BCUT2D eigenvalue weighted by Crippen LogP contribution is 2.43. The SMILES string of the molecule is O=C(CNC(=O)[C@@]12CCCC[C@H]1CNC2)NC1CCCCC1. The maximum atomic E-state index is 12.7. The van der Waals surface area contributed by atoms with Crippen LogP contribution in [0.4, 0.5) is 0 Å². The molecule has 2 atom stereocenters. The molecule has 2 saturated carbocycles. The van der Waals surface area contributed by atoms with Crippen molar-refractivity contribution >= 4 is 11.8 Å². The molecule has 3 rings (SSSR count). The van der Waals surface area contributed by atoms with Crippen molar-refractivity contribution in [2.24, 2.45) is 11.3 Å². The van der Waals surface area contributed by atoms with Gasteiger partial charge in [0.1, 0.15) is 0 Å². The van der Waals surface area contributed by atoms with Gasteiger partial charge in [-0.2, -0.15) is 0 Å². The smallest absolute Gasteiger partial charge is 0.239 e. The highest BCUT2D eigenvalue weighted by Gasteiger charge is 2.49. The van der Waals surface area contributed by atoms with Crippen molar-refractivity contribution in [2.75, 3.05) is 19.6 Å². The van der Waals surface area contributed by atoms with Crippen molar-refractivity contribution in [3.05, 3.63) is 0 Å². The number of nitrogens with one attached hydrogen (secondary N) is 3. The monoisotopic (exact) mass is 307 g/mol. The molecule has 124 valence electrons. The van der Waals surface area contributed by atoms with Crippen molar-refractivity contribution in [3.8, 4) is 0 Å². The molecule has 2 amide bonds. The topological polar surface area (TPSA) is 70.2 Å². The van der Waals surface area contributed by atoms with Crippen LogP contribution in [0.2, 0.25) is 0 Å². The number of rotatable bonds is 4. The Morgan fingerprint density at radius 3 is 2.64 bits per heavy atom. The van der Waals surface area contributed by atoms with E-state index >= 15 is 0 Å². The second-order valence-electron chi connectivity index (χ2n) is 7.31. The van der Waals surface area contributed by atoms with Gasteiger partial charge in [-0.05, 0) is 38.1 Å². The van der Waals surface area contributed by atoms with Crippen LogP contribution in [0.15, 0.2) is 0 Å². The Kier molecular flexibility index (Phi) is 5.01. The first-order chi connectivity index (χ1) is 10.7. The minimum atomic E-state index is -0.261. The summed E-state index contributed by atoms with van der Waals surface area (Å²) in [5, 5.41) is 9.36. The maximum Gasteiger partial charge on any atom is 0.239 e. The average molecular weight is 307 g/mol. The summed E-state index contributed by atoms with van der Waals surface area (Å²) in [6.45, 7) is 1.85. The summed E-state index contributed by atoms with van der Waals surface area (Å²) < 4.78 is 0. The van der Waals surface area contributed by atoms with Gasteiger partial charge in [0.15, 0.2) is 0 Å². The minimum Gasteiger partial charge on any atom is -0.352 e. The van der Waals surface area contributed by atoms with Gasteiger partial charge in [0.05, 0.1) is 12.0 Å². The van der Waals surface area contributed by atoms with E-state index in [-0.39, 0.29) is 23.8 Å². The number of fused-ring (bicyclic) bond motifs is 1. The molecule has 22 heavy (non-hydrogen) atoms. The largest absolute Gasteiger partial charge is 0.352 e. The molecule has 0 aromatic carbocycles. The Hall–Kier alpha value is -1.10. The van der Waals surface area contributed by atoms with Crippen molar-refractivity contribution in [1.82, 2.24) is 16.0 Å². The van der Waals surface area contributed by atoms with Gasteiger partial charge in [0.25, 0.3) is 0 Å². The summed E-state index contributed by atoms with van der Waals surface area (Å²) in [6.07, 6.45) is 10.3. The highest BCUT2D eigenvalue weighted by atomic mass is 16.2. The van der Waals surface area contributed by atoms with Crippen LogP contribution >= 0.6 is 0 Å². The lowest BCUT2D eigenvalue weighted by atomic mass is 9.67. The fourth-order valence-electron chi connectivity index (χ4n) is 4.55. The number of hydrogen-bond donors (Lipinski definition) is 3. The van der Waals surface area contributed by atoms with Crippen LogP contribution in [0.3, 0.4) is 0 Å². The zero-order valence-electron chi connectivity index (χ0n) is 13.5. The van der Waals surface area contributed by atoms with Gasteiger partial charge >= 0.3 is 0 Å². The van der Waals surface area contributed by atoms with Crippen LogP contribution in [0.1, 0.15) is 57.8 Å². The fourth-order valence-corrected chi connectivity index (χ4v) is 4.55. The maximum absolute atomic E-state index is 12.7. The zero-order chi connectivity index (χ0) is 15.4. The van der Waals surface area contributed by atoms with Crippen LogP contribution in [-0.4, -0.2) is 37.5 Å². The lowest BCUT2D eigenvalue weighted by molar-refractivity contribution is -0.136. The lowest BCUT2D eigenvalue weighted by Crippen LogP contribution is -2.51. The molecule has 0 aromatic heterocycles. The third-order valence-electron chi connectivity index (χ3n) is 5.87. The summed E-state index contributed by atoms with van der Waals surface area (Å²) in [5.74, 6) is 0.499. The van der Waals surface area contributed by atoms with Crippen molar-refractivity contribution in [1.29, 1.82) is 0 Å². The lowest BCUT2D eigenvalue weighted by Gasteiger charge is -2.37. The van der Waals surface area contributed by atoms with Gasteiger partial charge in [-0.15, -0.1) is 0 Å². The predicted molar refractivity (Wildman–Crippen MR) is 85.3 cm³/mol. The van der Waals surface area contributed by atoms with Gasteiger partial charge in [-0.25, -0.2) is 0 Å². The van der Waals surface area contributed by atoms with E-state index in [1.807, 2.05) is 0 Å². The second kappa shape index (κ2) is 6.99. The standard InChI is InChI=1S/C17H29N3O2/c21-15(20-14-7-2-1-3-8-14)11-19-16(22)17-9-5-4-6-13(17)10-18-12-17/h13-14,18H,1-12H2,(H,19,22)(H,20,21)/t13-,17+/m0/s1. The normalized spacial score (nSPS) is 32.3. The highest BCUT2D eigenvalue weighted by molar-refractivity contribution is 5.88. The van der Waals surface area contributed by atoms with Gasteiger partial charge in [-0.3, -0.25) is 9.59 Å². The molecular formula is C17H29N3O2. The number of amides is 2. The van der Waals surface area contributed by atoms with E-state index < -0.39 is 0 Å². The molecule has 0 unspecified atom stereocenters. The van der Waals surface area contributed by atoms with E-state index in [1.54, 1.807) is 0 Å². The number of carbonyl (C=O) groups excluding carboxylic acids is 2. The minimum absolute atomic E-state index is 0.0324. The molecule has 5 heteroatoms. The second-order valence-corrected chi connectivity index (χ2v) is 7.31. The summed E-state index contributed by atoms with van der Waals surface area (Å²) in [4.78, 5) is 24.7. The van der Waals surface area contributed by atoms with Crippen LogP contribution in [0.25, 0.3) is 0 Å². The fraction of sp³-hybridized carbons (Fsp3) is 0.882. The molecule has 1 heterocycles. The van der Waals surface area contributed by atoms with E-state index in [1.165, 1.54) is 25.7 Å². The van der Waals surface area contributed by atoms with Crippen LogP contribution in [0.5, 0.6) is 0 Å². The molecule has 0 spiro atoms. The Balaban J connectivity index is 1.48. The van der Waals surface area contributed by atoms with Gasteiger partial charge in [-0.1, -0.05) is 32.1 Å². The van der Waals surface area contributed by atoms with Crippen molar-refractivity contribution < 1.29 is 9.59 Å². The first kappa shape index (κ1) is 15.8. The zero-order valence-corrected chi connectivity index (χ0v) is 13.5. The summed E-state index contributed by atoms with van der Waals surface area (Å²) in [6, 6.07) is 0.312. The van der Waals surface area contributed by atoms with Crippen LogP contribution < -0.4 is 16.0 Å². The molecule has 3 aliphatic rings. The molecule has 1 saturated heterocycles. The number of hydrogen-bond acceptors (Lipinski definition) is 3. The van der Waals surface area contributed by atoms with E-state index in [2.05, 4.69) is 16.0 Å². The number of carbonyl (C=O) groups is 2. The summed E-state index contributed by atoms with van der Waals surface area (Å²) >= 11 is 0. The van der Waals surface area contributed by atoms with Crippen molar-refractivity contribution in [3.63, 3.8) is 0 Å². The molecule has 1 aliphatic heterocycles. The molecule has 3 N–H and O–H groups in total. The third-order valence-corrected chi connectivity index (χ3v) is 5.87. The Bertz CT molecular complexity index is 420. The van der Waals surface area contributed by atoms with Gasteiger partial charge in [0, 0.05) is 12.6 Å². The first-order valence-corrected chi connectivity index (χ1v) is 8.99. The molecule has 0 radical (unpaired) electrons. The Morgan fingerprint density at radius 1 is 1.05 bits per heavy atom. The summed E-state index contributed by atoms with van der Waals surface area (Å²) in [5.41, 5.74) is -0.261. The van der Waals surface area contributed by atoms with Gasteiger partial charge in [0.2, 0.25) is 11.8 Å². The van der Waals surface area contributed by atoms with E-state index in [0.717, 1.165) is 45.2 Å². The molecular weight excluding hydrogens is 278 g/mol. The Labute approximate surface area is 133 Å². The predicted octanol–water partition coefficient (Wildman–Crippen LogP) is 1.33. The first-order valence-electron chi connectivity index (χ1n) is 8.99. The summed E-state index contributed by atoms with van der Waals surface area (Å²) in [7, 11) is 0. The van der Waals surface area contributed by atoms with Crippen molar-refractivity contribution in [2.45, 2.75) is 63.8 Å². The Morgan fingerprint density at radius 2 is 1.82 bits per heavy atom.